The molecule has 3 heteroatoms. The van der Waals surface area contributed by atoms with E-state index in [2.05, 4.69) is 204 Å². The van der Waals surface area contributed by atoms with Crippen molar-refractivity contribution in [3.05, 3.63) is 194 Å². The number of nitrogens with zero attached hydrogens (tertiary/aromatic N) is 2. The van der Waals surface area contributed by atoms with Crippen molar-refractivity contribution >= 4 is 70.4 Å². The smallest absolute Gasteiger partial charge is 0.0782 e. The Labute approximate surface area is 300 Å². The zero-order chi connectivity index (χ0) is 33.7. The Morgan fingerprint density at radius 3 is 1.88 bits per heavy atom. The molecular formula is C48H32N2S. The van der Waals surface area contributed by atoms with Gasteiger partial charge in [0.15, 0.2) is 0 Å². The van der Waals surface area contributed by atoms with E-state index in [1.54, 1.807) is 0 Å². The number of hydrogen-bond acceptors (Lipinski definition) is 2. The summed E-state index contributed by atoms with van der Waals surface area (Å²) in [5, 5.41) is 5.09. The molecule has 2 nitrogen and oxygen atoms in total. The Hall–Kier alpha value is -6.42. The van der Waals surface area contributed by atoms with Gasteiger partial charge in [-0.15, -0.1) is 11.3 Å². The molecule has 10 rings (SSSR count). The fourth-order valence-corrected chi connectivity index (χ4v) is 8.91. The third-order valence-corrected chi connectivity index (χ3v) is 11.2. The number of aromatic nitrogens is 1. The summed E-state index contributed by atoms with van der Waals surface area (Å²) in [6, 6.07) is 70.3. The molecule has 0 radical (unpaired) electrons. The van der Waals surface area contributed by atoms with Gasteiger partial charge in [-0.2, -0.15) is 0 Å². The lowest BCUT2D eigenvalue weighted by Crippen LogP contribution is -2.11. The van der Waals surface area contributed by atoms with Gasteiger partial charge in [0, 0.05) is 48.0 Å². The first kappa shape index (κ1) is 29.5. The summed E-state index contributed by atoms with van der Waals surface area (Å²) in [5.41, 5.74) is 11.7. The first-order valence-electron chi connectivity index (χ1n) is 17.4. The summed E-state index contributed by atoms with van der Waals surface area (Å²) in [4.78, 5) is 2.43. The van der Waals surface area contributed by atoms with Crippen molar-refractivity contribution in [1.29, 1.82) is 0 Å². The molecule has 2 heterocycles. The Kier molecular flexibility index (Phi) is 7.04. The average molecular weight is 669 g/mol. The van der Waals surface area contributed by atoms with Crippen LogP contribution in [0, 0.1) is 0 Å². The average Bonchev–Trinajstić information content (AvgIpc) is 3.76. The lowest BCUT2D eigenvalue weighted by atomic mass is 10.0. The lowest BCUT2D eigenvalue weighted by Gasteiger charge is -2.28. The quantitative estimate of drug-likeness (QED) is 0.171. The van der Waals surface area contributed by atoms with Crippen molar-refractivity contribution in [1.82, 2.24) is 4.57 Å². The summed E-state index contributed by atoms with van der Waals surface area (Å²) in [6.45, 7) is 0. The largest absolute Gasteiger partial charge is 0.308 e. The van der Waals surface area contributed by atoms with Crippen molar-refractivity contribution in [3.8, 4) is 27.9 Å². The monoisotopic (exact) mass is 668 g/mol. The molecular weight excluding hydrogens is 637 g/mol. The van der Waals surface area contributed by atoms with E-state index in [-0.39, 0.29) is 0 Å². The van der Waals surface area contributed by atoms with Gasteiger partial charge in [-0.3, -0.25) is 0 Å². The summed E-state index contributed by atoms with van der Waals surface area (Å²) in [6.07, 6.45) is 0. The minimum absolute atomic E-state index is 1.10. The molecule has 51 heavy (non-hydrogen) atoms. The highest BCUT2D eigenvalue weighted by Crippen LogP contribution is 2.45. The molecule has 0 saturated heterocycles. The van der Waals surface area contributed by atoms with Crippen molar-refractivity contribution in [2.24, 2.45) is 0 Å². The highest BCUT2D eigenvalue weighted by Gasteiger charge is 2.22. The molecule has 0 aliphatic rings. The molecule has 0 spiro atoms. The second-order valence-corrected chi connectivity index (χ2v) is 14.0. The van der Waals surface area contributed by atoms with Gasteiger partial charge in [0.1, 0.15) is 0 Å². The van der Waals surface area contributed by atoms with Crippen LogP contribution in [0.4, 0.5) is 17.1 Å². The molecule has 0 saturated carbocycles. The molecule has 0 aliphatic heterocycles. The van der Waals surface area contributed by atoms with Crippen LogP contribution < -0.4 is 4.90 Å². The summed E-state index contributed by atoms with van der Waals surface area (Å²) in [5.74, 6) is 0. The fourth-order valence-electron chi connectivity index (χ4n) is 7.67. The SMILES string of the molecule is c1ccc(-c2ccc(N(c3cccc(-c4cccc5c4sc4ccccc45)c3)c3cccc4c5ccccc5n(-c5ccccc5)c34)cc2)cc1. The number of anilines is 3. The Morgan fingerprint density at radius 1 is 0.412 bits per heavy atom. The van der Waals surface area contributed by atoms with Gasteiger partial charge < -0.3 is 9.47 Å². The Morgan fingerprint density at radius 2 is 1.04 bits per heavy atom. The first-order chi connectivity index (χ1) is 25.3. The zero-order valence-electron chi connectivity index (χ0n) is 27.8. The third kappa shape index (κ3) is 4.93. The van der Waals surface area contributed by atoms with Gasteiger partial charge in [-0.05, 0) is 76.9 Å². The standard InChI is InChI=1S/C48H32N2S/c1-3-14-33(15-4-1)34-28-30-37(31-29-34)49(38-19-11-16-35(32-38)39-22-12-24-43-41-21-8-10-27-46(41)51-48(39)43)45-26-13-23-42-40-20-7-9-25-44(40)50(47(42)45)36-17-5-2-6-18-36/h1-32H. The molecule has 0 bridgehead atoms. The predicted molar refractivity (Wildman–Crippen MR) is 219 cm³/mol. The summed E-state index contributed by atoms with van der Waals surface area (Å²) >= 11 is 1.88. The molecule has 0 fully saturated rings. The third-order valence-electron chi connectivity index (χ3n) is 9.98. The molecule has 240 valence electrons. The van der Waals surface area contributed by atoms with Gasteiger partial charge in [-0.1, -0.05) is 140 Å². The lowest BCUT2D eigenvalue weighted by molar-refractivity contribution is 1.17. The van der Waals surface area contributed by atoms with Gasteiger partial charge in [0.2, 0.25) is 0 Å². The van der Waals surface area contributed by atoms with Gasteiger partial charge in [-0.25, -0.2) is 0 Å². The number of rotatable bonds is 6. The van der Waals surface area contributed by atoms with E-state index in [1.807, 2.05) is 11.3 Å². The number of thiophene rings is 1. The van der Waals surface area contributed by atoms with Gasteiger partial charge in [0.05, 0.1) is 16.7 Å². The van der Waals surface area contributed by atoms with Crippen LogP contribution in [0.3, 0.4) is 0 Å². The molecule has 0 unspecified atom stereocenters. The Balaban J connectivity index is 1.23. The molecule has 0 aliphatic carbocycles. The molecule has 0 amide bonds. The van der Waals surface area contributed by atoms with Crippen LogP contribution in [-0.2, 0) is 0 Å². The summed E-state index contributed by atoms with van der Waals surface area (Å²) in [7, 11) is 0. The van der Waals surface area contributed by atoms with E-state index in [0.717, 1.165) is 22.7 Å². The van der Waals surface area contributed by atoms with Crippen LogP contribution in [0.1, 0.15) is 0 Å². The highest BCUT2D eigenvalue weighted by molar-refractivity contribution is 7.26. The molecule has 2 aromatic heterocycles. The second kappa shape index (κ2) is 12.2. The van der Waals surface area contributed by atoms with Crippen molar-refractivity contribution in [2.75, 3.05) is 4.90 Å². The molecule has 10 aromatic rings. The van der Waals surface area contributed by atoms with Crippen LogP contribution in [0.15, 0.2) is 194 Å². The van der Waals surface area contributed by atoms with Crippen LogP contribution >= 0.6 is 11.3 Å². The van der Waals surface area contributed by atoms with Crippen LogP contribution in [-0.4, -0.2) is 4.57 Å². The summed E-state index contributed by atoms with van der Waals surface area (Å²) < 4.78 is 5.06. The molecule has 0 N–H and O–H groups in total. The maximum atomic E-state index is 2.43. The van der Waals surface area contributed by atoms with E-state index in [9.17, 15) is 0 Å². The van der Waals surface area contributed by atoms with Crippen LogP contribution in [0.2, 0.25) is 0 Å². The van der Waals surface area contributed by atoms with E-state index in [1.165, 1.54) is 64.2 Å². The molecule has 0 atom stereocenters. The van der Waals surface area contributed by atoms with Crippen molar-refractivity contribution in [2.45, 2.75) is 0 Å². The molecule has 8 aromatic carbocycles. The normalized spacial score (nSPS) is 11.5. The number of benzene rings is 8. The fraction of sp³-hybridized carbons (Fsp3) is 0. The van der Waals surface area contributed by atoms with E-state index >= 15 is 0 Å². The van der Waals surface area contributed by atoms with E-state index in [4.69, 9.17) is 0 Å². The van der Waals surface area contributed by atoms with Gasteiger partial charge in [0.25, 0.3) is 0 Å². The van der Waals surface area contributed by atoms with Crippen LogP contribution in [0.5, 0.6) is 0 Å². The topological polar surface area (TPSA) is 8.17 Å². The predicted octanol–water partition coefficient (Wildman–Crippen LogP) is 14.0. The maximum absolute atomic E-state index is 2.43. The van der Waals surface area contributed by atoms with Crippen molar-refractivity contribution < 1.29 is 0 Å². The van der Waals surface area contributed by atoms with Crippen molar-refractivity contribution in [3.63, 3.8) is 0 Å². The number of fused-ring (bicyclic) bond motifs is 6. The van der Waals surface area contributed by atoms with Crippen LogP contribution in [0.25, 0.3) is 69.9 Å². The second-order valence-electron chi connectivity index (χ2n) is 12.9. The van der Waals surface area contributed by atoms with E-state index < -0.39 is 0 Å². The minimum atomic E-state index is 1.10. The minimum Gasteiger partial charge on any atom is -0.308 e. The van der Waals surface area contributed by atoms with E-state index in [0.29, 0.717) is 0 Å². The highest BCUT2D eigenvalue weighted by atomic mass is 32.1. The number of hydrogen-bond donors (Lipinski definition) is 0. The Bertz CT molecular complexity index is 2850. The maximum Gasteiger partial charge on any atom is 0.0782 e. The van der Waals surface area contributed by atoms with Gasteiger partial charge >= 0.3 is 0 Å². The number of para-hydroxylation sites is 3. The first-order valence-corrected chi connectivity index (χ1v) is 18.2. The zero-order valence-corrected chi connectivity index (χ0v) is 28.6.